The van der Waals surface area contributed by atoms with E-state index < -0.39 is 12.1 Å². The second kappa shape index (κ2) is 53.5. The number of carbonyl (C=O) groups excluding carboxylic acids is 1. The zero-order chi connectivity index (χ0) is 44.2. The Bertz CT molecular complexity index is 844. The van der Waals surface area contributed by atoms with Gasteiger partial charge in [-0.2, -0.15) is 0 Å². The highest BCUT2D eigenvalue weighted by atomic mass is 16.3. The van der Waals surface area contributed by atoms with Gasteiger partial charge >= 0.3 is 0 Å². The Morgan fingerprint density at radius 2 is 0.607 bits per heavy atom. The summed E-state index contributed by atoms with van der Waals surface area (Å²) < 4.78 is 0. The van der Waals surface area contributed by atoms with Crippen LogP contribution in [0.1, 0.15) is 328 Å². The van der Waals surface area contributed by atoms with E-state index in [9.17, 15) is 15.0 Å². The van der Waals surface area contributed by atoms with Crippen LogP contribution in [0.3, 0.4) is 0 Å². The molecule has 61 heavy (non-hydrogen) atoms. The van der Waals surface area contributed by atoms with Gasteiger partial charge in [0.25, 0.3) is 0 Å². The minimum Gasteiger partial charge on any atom is -0.394 e. The largest absolute Gasteiger partial charge is 0.394 e. The fourth-order valence-corrected chi connectivity index (χ4v) is 9.18. The monoisotopic (exact) mass is 860 g/mol. The topological polar surface area (TPSA) is 69.6 Å². The molecule has 0 fully saturated rings. The first-order valence-corrected chi connectivity index (χ1v) is 28.4. The molecule has 0 saturated carbocycles. The van der Waals surface area contributed by atoms with Crippen LogP contribution in [0.25, 0.3) is 0 Å². The molecular formula is C57H113NO3. The van der Waals surface area contributed by atoms with Crippen LogP contribution in [0.5, 0.6) is 0 Å². The van der Waals surface area contributed by atoms with Crippen molar-refractivity contribution in [3.63, 3.8) is 0 Å². The maximum atomic E-state index is 12.5. The third-order valence-corrected chi connectivity index (χ3v) is 13.5. The molecule has 0 heterocycles. The Labute approximate surface area is 384 Å². The minimum absolute atomic E-state index is 0.0560. The van der Waals surface area contributed by atoms with Crippen molar-refractivity contribution in [3.8, 4) is 0 Å². The van der Waals surface area contributed by atoms with Crippen molar-refractivity contribution < 1.29 is 15.0 Å². The number of amides is 1. The highest BCUT2D eigenvalue weighted by Gasteiger charge is 2.18. The molecule has 4 nitrogen and oxygen atoms in total. The highest BCUT2D eigenvalue weighted by Crippen LogP contribution is 2.18. The molecule has 4 heteroatoms. The lowest BCUT2D eigenvalue weighted by molar-refractivity contribution is -0.123. The van der Waals surface area contributed by atoms with Gasteiger partial charge in [0, 0.05) is 6.42 Å². The van der Waals surface area contributed by atoms with Crippen molar-refractivity contribution >= 4 is 5.91 Å². The maximum Gasteiger partial charge on any atom is 0.220 e. The number of nitrogens with one attached hydrogen (secondary N) is 1. The molecule has 0 saturated heterocycles. The van der Waals surface area contributed by atoms with Gasteiger partial charge in [-0.15, -0.1) is 0 Å². The summed E-state index contributed by atoms with van der Waals surface area (Å²) in [4.78, 5) is 12.5. The van der Waals surface area contributed by atoms with Crippen molar-refractivity contribution in [2.75, 3.05) is 6.61 Å². The van der Waals surface area contributed by atoms with Gasteiger partial charge in [-0.3, -0.25) is 4.79 Å². The van der Waals surface area contributed by atoms with Crippen LogP contribution in [-0.4, -0.2) is 34.9 Å². The van der Waals surface area contributed by atoms with Crippen LogP contribution in [0.4, 0.5) is 0 Å². The molecule has 0 aliphatic rings. The van der Waals surface area contributed by atoms with Crippen molar-refractivity contribution in [1.82, 2.24) is 5.32 Å². The molecule has 3 N–H and O–H groups in total. The fourth-order valence-electron chi connectivity index (χ4n) is 9.18. The molecule has 0 aromatic carbocycles. The maximum absolute atomic E-state index is 12.5. The Kier molecular flexibility index (Phi) is 52.7. The third kappa shape index (κ3) is 50.0. The van der Waals surface area contributed by atoms with Gasteiger partial charge in [0.1, 0.15) is 0 Å². The molecule has 1 amide bonds. The predicted octanol–water partition coefficient (Wildman–Crippen LogP) is 18.5. The summed E-state index contributed by atoms with van der Waals surface area (Å²) in [6.07, 6.45) is 69.5. The molecule has 0 bridgehead atoms. The average Bonchev–Trinajstić information content (AvgIpc) is 3.26. The first kappa shape index (κ1) is 60.1. The molecular weight excluding hydrogens is 747 g/mol. The van der Waals surface area contributed by atoms with Gasteiger partial charge in [0.15, 0.2) is 0 Å². The fraction of sp³-hybridized carbons (Fsp3) is 0.947. The summed E-state index contributed by atoms with van der Waals surface area (Å²) in [5.41, 5.74) is 0. The zero-order valence-electron chi connectivity index (χ0n) is 42.0. The first-order chi connectivity index (χ1) is 30.2. The Morgan fingerprint density at radius 1 is 0.377 bits per heavy atom. The van der Waals surface area contributed by atoms with Gasteiger partial charge in [0.2, 0.25) is 5.91 Å². The quantitative estimate of drug-likeness (QED) is 0.0421. The second-order valence-corrected chi connectivity index (χ2v) is 19.7. The van der Waals surface area contributed by atoms with E-state index in [4.69, 9.17) is 0 Å². The molecule has 0 aromatic rings. The van der Waals surface area contributed by atoms with E-state index in [2.05, 4.69) is 19.2 Å². The van der Waals surface area contributed by atoms with E-state index in [1.165, 1.54) is 283 Å². The lowest BCUT2D eigenvalue weighted by Gasteiger charge is -2.20. The van der Waals surface area contributed by atoms with Gasteiger partial charge in [-0.05, 0) is 19.3 Å². The number of hydrogen-bond donors (Lipinski definition) is 3. The number of unbranched alkanes of at least 4 members (excludes halogenated alkanes) is 46. The summed E-state index contributed by atoms with van der Waals surface area (Å²) >= 11 is 0. The Balaban J connectivity index is 3.44. The number of carbonyl (C=O) groups is 1. The summed E-state index contributed by atoms with van der Waals surface area (Å²) in [6.45, 7) is 4.35. The van der Waals surface area contributed by atoms with Crippen LogP contribution in [0.2, 0.25) is 0 Å². The van der Waals surface area contributed by atoms with Crippen LogP contribution >= 0.6 is 0 Å². The zero-order valence-corrected chi connectivity index (χ0v) is 42.0. The normalized spacial score (nSPS) is 12.8. The van der Waals surface area contributed by atoms with Crippen molar-refractivity contribution in [2.45, 2.75) is 341 Å². The van der Waals surface area contributed by atoms with Crippen molar-refractivity contribution in [1.29, 1.82) is 0 Å². The number of rotatable bonds is 53. The predicted molar refractivity (Wildman–Crippen MR) is 272 cm³/mol. The van der Waals surface area contributed by atoms with Crippen LogP contribution in [0.15, 0.2) is 12.2 Å². The standard InChI is InChI=1S/C57H113NO3/c1-3-5-7-9-11-13-15-17-19-21-23-25-26-27-28-29-30-31-32-33-34-36-38-40-42-44-46-48-50-52-56(60)55(54-59)58-57(61)53-51-49-47-45-43-41-39-37-35-24-22-20-18-16-14-12-10-8-6-4-2/h50,52,55-56,59-60H,3-49,51,53-54H2,1-2H3,(H,58,61)/b52-50+. The smallest absolute Gasteiger partial charge is 0.220 e. The molecule has 0 aliphatic carbocycles. The summed E-state index contributed by atoms with van der Waals surface area (Å²) in [6, 6.07) is -0.618. The summed E-state index contributed by atoms with van der Waals surface area (Å²) in [5, 5.41) is 23.2. The first-order valence-electron chi connectivity index (χ1n) is 28.4. The number of aliphatic hydroxyl groups is 2. The van der Waals surface area contributed by atoms with E-state index in [-0.39, 0.29) is 12.5 Å². The van der Waals surface area contributed by atoms with Gasteiger partial charge in [-0.25, -0.2) is 0 Å². The molecule has 0 spiro atoms. The van der Waals surface area contributed by atoms with Crippen molar-refractivity contribution in [3.05, 3.63) is 12.2 Å². The average molecular weight is 861 g/mol. The Hall–Kier alpha value is -0.870. The van der Waals surface area contributed by atoms with Crippen molar-refractivity contribution in [2.24, 2.45) is 0 Å². The Morgan fingerprint density at radius 3 is 0.852 bits per heavy atom. The number of allylic oxidation sites excluding steroid dienone is 1. The van der Waals surface area contributed by atoms with Gasteiger partial charge in [0.05, 0.1) is 18.8 Å². The summed E-state index contributed by atoms with van der Waals surface area (Å²) in [7, 11) is 0. The molecule has 0 radical (unpaired) electrons. The van der Waals surface area contributed by atoms with E-state index in [1.54, 1.807) is 6.08 Å². The van der Waals surface area contributed by atoms with E-state index in [1.807, 2.05) is 6.08 Å². The molecule has 2 unspecified atom stereocenters. The third-order valence-electron chi connectivity index (χ3n) is 13.5. The molecule has 2 atom stereocenters. The summed E-state index contributed by atoms with van der Waals surface area (Å²) in [5.74, 6) is -0.0560. The van der Waals surface area contributed by atoms with E-state index >= 15 is 0 Å². The molecule has 0 aromatic heterocycles. The number of aliphatic hydroxyl groups excluding tert-OH is 2. The lowest BCUT2D eigenvalue weighted by Crippen LogP contribution is -2.45. The van der Waals surface area contributed by atoms with Gasteiger partial charge < -0.3 is 15.5 Å². The molecule has 364 valence electrons. The minimum atomic E-state index is -0.835. The molecule has 0 rings (SSSR count). The molecule has 0 aliphatic heterocycles. The lowest BCUT2D eigenvalue weighted by atomic mass is 10.0. The SMILES string of the molecule is CCCCCCCCCCCCCCCCCCCCCCCCCCCCC/C=C/C(O)C(CO)NC(=O)CCCCCCCCCCCCCCCCCCCCCC. The highest BCUT2D eigenvalue weighted by molar-refractivity contribution is 5.76. The van der Waals surface area contributed by atoms with Gasteiger partial charge in [-0.1, -0.05) is 315 Å². The van der Waals surface area contributed by atoms with E-state index in [0.717, 1.165) is 25.7 Å². The number of hydrogen-bond acceptors (Lipinski definition) is 3. The van der Waals surface area contributed by atoms with Crippen LogP contribution in [0, 0.1) is 0 Å². The second-order valence-electron chi connectivity index (χ2n) is 19.7. The van der Waals surface area contributed by atoms with Crippen LogP contribution in [-0.2, 0) is 4.79 Å². The van der Waals surface area contributed by atoms with Crippen LogP contribution < -0.4 is 5.32 Å². The van der Waals surface area contributed by atoms with E-state index in [0.29, 0.717) is 6.42 Å².